The van der Waals surface area contributed by atoms with Crippen molar-refractivity contribution in [3.8, 4) is 11.1 Å². The first-order chi connectivity index (χ1) is 62.8. The van der Waals surface area contributed by atoms with Crippen LogP contribution in [-0.2, 0) is 405 Å². The summed E-state index contributed by atoms with van der Waals surface area (Å²) in [5.74, 6) is 0. The van der Waals surface area contributed by atoms with Crippen LogP contribution in [-0.4, -0.2) is 50.6 Å². The number of rotatable bonds is 18. The van der Waals surface area contributed by atoms with E-state index in [-0.39, 0.29) is 25.7 Å². The van der Waals surface area contributed by atoms with Gasteiger partial charge in [-0.2, -0.15) is 0 Å². The van der Waals surface area contributed by atoms with E-state index < -0.39 is 32.3 Å². The summed E-state index contributed by atoms with van der Waals surface area (Å²) < 4.78 is 30.5. The maximum atomic E-state index is 5.96. The van der Waals surface area contributed by atoms with Crippen molar-refractivity contribution >= 4 is 624 Å². The van der Waals surface area contributed by atoms with Crippen molar-refractivity contribution in [2.45, 2.75) is 279 Å². The quantitative estimate of drug-likeness (QED) is 0.0781. The first-order valence-electron chi connectivity index (χ1n) is 40.2. The molecule has 0 saturated carbocycles. The van der Waals surface area contributed by atoms with Crippen molar-refractivity contribution in [2.75, 3.05) is 0 Å². The fraction of sp³-hybridized carbons (Fsp3) is 0.573. The van der Waals surface area contributed by atoms with Crippen LogP contribution in [0.15, 0.2) is 95.2 Å². The fourth-order valence-corrected chi connectivity index (χ4v) is 148. The summed E-state index contributed by atoms with van der Waals surface area (Å²) in [6.45, 7) is 67.7. The first kappa shape index (κ1) is 138. The Labute approximate surface area is 998 Å². The van der Waals surface area contributed by atoms with E-state index in [2.05, 4.69) is 390 Å². The Morgan fingerprint density at radius 1 is 0.269 bits per heavy atom. The highest BCUT2D eigenvalue weighted by molar-refractivity contribution is 9.11. The van der Waals surface area contributed by atoms with Crippen LogP contribution in [0.25, 0.3) is 51.5 Å². The van der Waals surface area contributed by atoms with Crippen molar-refractivity contribution in [1.29, 1.82) is 0 Å². The van der Waals surface area contributed by atoms with E-state index in [1.807, 2.05) is 24.3 Å². The van der Waals surface area contributed by atoms with Gasteiger partial charge in [0.05, 0.1) is 20.6 Å². The molecule has 1 saturated heterocycles. The van der Waals surface area contributed by atoms with Crippen LogP contribution in [0.3, 0.4) is 0 Å². The molecule has 0 aliphatic carbocycles. The lowest BCUT2D eigenvalue weighted by atomic mass is 9.79. The van der Waals surface area contributed by atoms with Gasteiger partial charge in [-0.05, 0) is 220 Å². The molecule has 2 nitrogen and oxygen atoms in total. The molecule has 0 unspecified atom stereocenters. The third kappa shape index (κ3) is 39.3. The van der Waals surface area contributed by atoms with Crippen LogP contribution >= 0.6 is 125 Å². The number of thiophene rings is 4. The first-order valence-corrected chi connectivity index (χ1v) is 110. The van der Waals surface area contributed by atoms with Gasteiger partial charge < -0.3 is 9.31 Å². The lowest BCUT2D eigenvalue weighted by molar-refractivity contribution is 0.00578. The maximum Gasteiger partial charge on any atom is 0.494 e. The molecule has 0 bridgehead atoms. The number of halogens is 5. The van der Waals surface area contributed by atoms with Gasteiger partial charge in [-0.1, -0.05) is 230 Å². The molecule has 1 aliphatic heterocycles. The summed E-state index contributed by atoms with van der Waals surface area (Å²) in [7, 11) is 54.4. The molecule has 59 heteroatoms. The van der Waals surface area contributed by atoms with Crippen LogP contribution in [0.4, 0.5) is 0 Å². The van der Waals surface area contributed by atoms with E-state index in [0.717, 1.165) is 47.7 Å². The van der Waals surface area contributed by atoms with Crippen LogP contribution in [0.1, 0.15) is 201 Å². The molecule has 0 radical (unpaired) electrons. The minimum Gasteiger partial charge on any atom is -0.399 e. The third-order valence-corrected chi connectivity index (χ3v) is 139. The Morgan fingerprint density at radius 2 is 0.463 bits per heavy atom. The van der Waals surface area contributed by atoms with Gasteiger partial charge >= 0.3 is 7.12 Å². The van der Waals surface area contributed by atoms with Gasteiger partial charge in [0.25, 0.3) is 0 Å². The van der Waals surface area contributed by atoms with E-state index in [0.29, 0.717) is 33.2 Å². The SMILES string of the molecule is C.CC(C)[Si](c1cc2c(-c3cccc(Br)c3)c3sc([Si](C(C)C)(C(C)C)C(C)C)cc3c(Br)c2s1)(C(C)C)C(C)C.CC(C)[Si](c1cc2c(Br)c3sc([Si](C(C)C)(C(C)C)C(C)C)cc3c(Br)c2s1)(C(C)C)C(C)C.CC1(C)OB(c2cccc(Br)c2)OC1(C)C.S=S=S=S=S=S=S=S.S=S=S=S=S=S=S=S=S=S=S=S=S=S=S=S=S.S=S=S=S=S=S=S=S=S=S=S=S=S=S=S=S=S=S. The summed E-state index contributed by atoms with van der Waals surface area (Å²) in [5, 5.41) is 5.69. The predicted molar refractivity (Wildman–Crippen MR) is 767 cm³/mol. The summed E-state index contributed by atoms with van der Waals surface area (Å²) in [6, 6.07) is 27.5. The van der Waals surface area contributed by atoms with E-state index >= 15 is 0 Å². The number of hydrogen-bond acceptors (Lipinski definition) is 12. The average Bonchev–Trinajstić information content (AvgIpc) is 1.56. The Balaban J connectivity index is 0.000000442. The highest BCUT2D eigenvalue weighted by Crippen LogP contribution is 2.54. The zero-order valence-corrected chi connectivity index (χ0v) is 128. The molecule has 0 atom stereocenters. The minimum absolute atomic E-state index is 0. The summed E-state index contributed by atoms with van der Waals surface area (Å²) in [6.07, 6.45) is 0. The molecule has 5 heterocycles. The second-order valence-corrected chi connectivity index (χ2v) is 132. The molecule has 0 amide bonds. The van der Waals surface area contributed by atoms with E-state index in [9.17, 15) is 0 Å². The average molecular weight is 3080 g/mol. The summed E-state index contributed by atoms with van der Waals surface area (Å²) in [4.78, 5) is 0. The molecule has 4 aromatic carbocycles. The Kier molecular flexibility index (Phi) is 73.5. The zero-order chi connectivity index (χ0) is 99.9. The highest BCUT2D eigenvalue weighted by Gasteiger charge is 2.53. The van der Waals surface area contributed by atoms with Gasteiger partial charge in [0.1, 0.15) is 32.3 Å². The molecule has 134 heavy (non-hydrogen) atoms. The minimum atomic E-state index is -1.79. The second kappa shape index (κ2) is 71.6. The van der Waals surface area contributed by atoms with Gasteiger partial charge in [0.2, 0.25) is 0 Å². The van der Waals surface area contributed by atoms with Crippen molar-refractivity contribution in [1.82, 2.24) is 0 Å². The molecule has 9 rings (SSSR count). The Hall–Kier alpha value is 9.43. The van der Waals surface area contributed by atoms with Crippen LogP contribution < -0.4 is 23.5 Å². The third-order valence-electron chi connectivity index (χ3n) is 23.3. The van der Waals surface area contributed by atoms with Crippen molar-refractivity contribution < 1.29 is 9.31 Å². The van der Waals surface area contributed by atoms with E-state index in [4.69, 9.17) is 54.1 Å². The molecule has 4 aromatic heterocycles. The topological polar surface area (TPSA) is 18.5 Å². The van der Waals surface area contributed by atoms with Crippen molar-refractivity contribution in [3.05, 3.63) is 95.2 Å². The lowest BCUT2D eigenvalue weighted by Gasteiger charge is -2.42. The highest BCUT2D eigenvalue weighted by atomic mass is 79.9. The molecular weight excluding hydrogens is 2960 g/mol. The van der Waals surface area contributed by atoms with Crippen molar-refractivity contribution in [2.24, 2.45) is 0 Å². The fourth-order valence-electron chi connectivity index (χ4n) is 18.6. The number of hydrogen-bond donors (Lipinski definition) is 0. The van der Waals surface area contributed by atoms with Gasteiger partial charge in [0.15, 0.2) is 0 Å². The summed E-state index contributed by atoms with van der Waals surface area (Å²) >= 11 is 56.3. The van der Waals surface area contributed by atoms with E-state index in [1.165, 1.54) is 118 Å². The lowest BCUT2D eigenvalue weighted by Crippen LogP contribution is -2.54. The second-order valence-electron chi connectivity index (χ2n) is 33.5. The van der Waals surface area contributed by atoms with E-state index in [1.54, 1.807) is 293 Å². The Bertz CT molecular complexity index is 6790. The molecule has 1 fully saturated rings. The molecule has 760 valence electrons. The smallest absolute Gasteiger partial charge is 0.399 e. The molecule has 8 aromatic rings. The summed E-state index contributed by atoms with van der Waals surface area (Å²) in [5.41, 5.74) is 11.7. The van der Waals surface area contributed by atoms with Crippen LogP contribution in [0.2, 0.25) is 66.5 Å². The normalized spacial score (nSPS) is 12.6. The van der Waals surface area contributed by atoms with Gasteiger partial charge in [-0.25, -0.2) is 0 Å². The number of benzene rings is 4. The monoisotopic (exact) mass is 3070 g/mol. The molecule has 1 aliphatic rings. The van der Waals surface area contributed by atoms with Gasteiger partial charge in [-0.3, -0.25) is 0 Å². The van der Waals surface area contributed by atoms with Crippen molar-refractivity contribution in [3.63, 3.8) is 0 Å². The largest absolute Gasteiger partial charge is 0.494 e. The number of fused-ring (bicyclic) bond motifs is 4. The van der Waals surface area contributed by atoms with Crippen LogP contribution in [0, 0.1) is 0 Å². The molecular formula is C75H112BBr5O2S47Si4. The zero-order valence-electron chi connectivity index (χ0n) is 77.3. The molecule has 0 spiro atoms. The standard InChI is InChI=1S/C34H48Br2S2Si2.C28H44Br2S2Si2.C12H16BBrO2.CH4.S18.S17.S8/c1-19(2)39(20(3)4,21(5)6)29-17-27-31(25-14-13-15-26(35)16-25)33-28(32(36)34(27)38-29)18-30(37-33)40(22(7)8,23(9)10)24(11)12;1-15(2)33(16(3)4,17(5)6)23-13-21-25(29)28-22(26(30)27(21)31-23)14-24(32-28)34(18(7)8,19(9)10)20(11)12;1-11(2)12(3,4)16-13(15-11)9-6-5-7-10(14)8-9;;1-3-5-7-9-11-13-15-17-18-16-14-12-10-8-6-4-2;1-3-5-7-9-11-13-15-17-16-14-12-10-8-6-4-2;1-3-5-7-8-6-4-2/h13-24H,1-12H3;13-20H,1-12H3;5-8H,1-4H3;1H4;;;. The van der Waals surface area contributed by atoms with Gasteiger partial charge in [0, 0.05) is 455 Å². The Morgan fingerprint density at radius 3 is 0.679 bits per heavy atom. The molecule has 0 N–H and O–H groups in total. The predicted octanol–water partition coefficient (Wildman–Crippen LogP) is 27.8. The van der Waals surface area contributed by atoms with Crippen LogP contribution in [0.5, 0.6) is 0 Å². The van der Waals surface area contributed by atoms with Gasteiger partial charge in [-0.15, -0.1) is 45.3 Å². The maximum absolute atomic E-state index is 5.96.